The zero-order valence-corrected chi connectivity index (χ0v) is 6.30. The Hall–Kier alpha value is -0.530. The van der Waals surface area contributed by atoms with Crippen molar-refractivity contribution in [3.63, 3.8) is 0 Å². The van der Waals surface area contributed by atoms with Gasteiger partial charge in [0.05, 0.1) is 6.61 Å². The molecular weight excluding hydrogens is 128 g/mol. The first-order chi connectivity index (χ1) is 4.83. The predicted octanol–water partition coefficient (Wildman–Crippen LogP) is 1.55. The van der Waals surface area contributed by atoms with Crippen LogP contribution in [0.4, 0.5) is 0 Å². The Bertz CT molecular complexity index is 116. The molecule has 0 aromatic rings. The lowest BCUT2D eigenvalue weighted by atomic mass is 10.2. The molecule has 0 aliphatic heterocycles. The lowest BCUT2D eigenvalue weighted by Gasteiger charge is -1.98. The molecule has 1 aliphatic carbocycles. The van der Waals surface area contributed by atoms with Crippen LogP contribution in [0.1, 0.15) is 26.2 Å². The summed E-state index contributed by atoms with van der Waals surface area (Å²) >= 11 is 0. The number of carbonyl (C=O) groups excluding carboxylic acids is 1. The molecule has 1 aliphatic rings. The molecule has 2 nitrogen and oxygen atoms in total. The third kappa shape index (κ3) is 2.85. The number of ether oxygens (including phenoxy) is 1. The van der Waals surface area contributed by atoms with Gasteiger partial charge >= 0.3 is 5.97 Å². The van der Waals surface area contributed by atoms with Crippen molar-refractivity contribution in [2.24, 2.45) is 5.92 Å². The van der Waals surface area contributed by atoms with Gasteiger partial charge in [-0.3, -0.25) is 4.79 Å². The van der Waals surface area contributed by atoms with Crippen molar-refractivity contribution in [1.29, 1.82) is 0 Å². The summed E-state index contributed by atoms with van der Waals surface area (Å²) in [5, 5.41) is 0. The minimum atomic E-state index is -0.0530. The van der Waals surface area contributed by atoms with Gasteiger partial charge in [-0.25, -0.2) is 0 Å². The topological polar surface area (TPSA) is 26.3 Å². The van der Waals surface area contributed by atoms with Crippen LogP contribution in [-0.2, 0) is 9.53 Å². The molecule has 1 radical (unpaired) electrons. The van der Waals surface area contributed by atoms with Crippen LogP contribution in [-0.4, -0.2) is 12.6 Å². The second kappa shape index (κ2) is 3.59. The van der Waals surface area contributed by atoms with E-state index in [1.807, 2.05) is 6.92 Å². The van der Waals surface area contributed by atoms with Crippen molar-refractivity contribution in [3.8, 4) is 0 Å². The first kappa shape index (κ1) is 7.58. The molecule has 0 heterocycles. The van der Waals surface area contributed by atoms with E-state index in [2.05, 4.69) is 6.42 Å². The zero-order chi connectivity index (χ0) is 7.40. The number of esters is 1. The Labute approximate surface area is 61.6 Å². The minimum absolute atomic E-state index is 0.0530. The molecule has 0 aromatic carbocycles. The summed E-state index contributed by atoms with van der Waals surface area (Å²) in [6.07, 6.45) is 4.99. The Morgan fingerprint density at radius 1 is 1.80 bits per heavy atom. The van der Waals surface area contributed by atoms with Gasteiger partial charge in [0.2, 0.25) is 0 Å². The normalized spacial score (nSPS) is 16.9. The van der Waals surface area contributed by atoms with E-state index in [0.29, 0.717) is 18.9 Å². The summed E-state index contributed by atoms with van der Waals surface area (Å²) in [5.74, 6) is 0.659. The van der Waals surface area contributed by atoms with Crippen LogP contribution in [0, 0.1) is 12.3 Å². The van der Waals surface area contributed by atoms with E-state index < -0.39 is 0 Å². The third-order valence-electron chi connectivity index (χ3n) is 1.59. The first-order valence-corrected chi connectivity index (χ1v) is 3.82. The minimum Gasteiger partial charge on any atom is -0.466 e. The predicted molar refractivity (Wildman–Crippen MR) is 38.3 cm³/mol. The van der Waals surface area contributed by atoms with Crippen LogP contribution < -0.4 is 0 Å². The fourth-order valence-corrected chi connectivity index (χ4v) is 0.868. The summed E-state index contributed by atoms with van der Waals surface area (Å²) in [6, 6.07) is 0. The van der Waals surface area contributed by atoms with E-state index in [1.165, 1.54) is 6.42 Å². The van der Waals surface area contributed by atoms with Crippen molar-refractivity contribution in [3.05, 3.63) is 6.42 Å². The summed E-state index contributed by atoms with van der Waals surface area (Å²) in [7, 11) is 0. The lowest BCUT2D eigenvalue weighted by molar-refractivity contribution is -0.143. The molecule has 1 fully saturated rings. The molecule has 1 saturated carbocycles. The highest BCUT2D eigenvalue weighted by atomic mass is 16.5. The summed E-state index contributed by atoms with van der Waals surface area (Å²) in [4.78, 5) is 10.7. The van der Waals surface area contributed by atoms with Crippen LogP contribution in [0.2, 0.25) is 0 Å². The number of hydrogen-bond donors (Lipinski definition) is 0. The fraction of sp³-hybridized carbons (Fsp3) is 0.750. The van der Waals surface area contributed by atoms with Crippen LogP contribution in [0.15, 0.2) is 0 Å². The van der Waals surface area contributed by atoms with Crippen molar-refractivity contribution in [1.82, 2.24) is 0 Å². The van der Waals surface area contributed by atoms with E-state index >= 15 is 0 Å². The third-order valence-corrected chi connectivity index (χ3v) is 1.59. The van der Waals surface area contributed by atoms with E-state index in [-0.39, 0.29) is 5.97 Å². The molecular formula is C8H13O2. The van der Waals surface area contributed by atoms with Gasteiger partial charge in [0.1, 0.15) is 0 Å². The SMILES string of the molecule is CCOC(=O)CCC1[CH]C1. The van der Waals surface area contributed by atoms with Gasteiger partial charge in [-0.05, 0) is 32.1 Å². The van der Waals surface area contributed by atoms with Gasteiger partial charge in [-0.2, -0.15) is 0 Å². The van der Waals surface area contributed by atoms with Crippen LogP contribution in [0.3, 0.4) is 0 Å². The summed E-state index contributed by atoms with van der Waals surface area (Å²) in [6.45, 7) is 2.34. The van der Waals surface area contributed by atoms with Gasteiger partial charge in [-0.1, -0.05) is 0 Å². The van der Waals surface area contributed by atoms with Crippen LogP contribution in [0.25, 0.3) is 0 Å². The second-order valence-electron chi connectivity index (χ2n) is 2.58. The second-order valence-corrected chi connectivity index (χ2v) is 2.58. The summed E-state index contributed by atoms with van der Waals surface area (Å²) < 4.78 is 4.77. The Balaban J connectivity index is 1.94. The van der Waals surface area contributed by atoms with Gasteiger partial charge in [0, 0.05) is 6.42 Å². The molecule has 0 saturated heterocycles. The maximum atomic E-state index is 10.7. The van der Waals surface area contributed by atoms with E-state index in [4.69, 9.17) is 4.74 Å². The van der Waals surface area contributed by atoms with Crippen molar-refractivity contribution in [2.45, 2.75) is 26.2 Å². The molecule has 0 N–H and O–H groups in total. The molecule has 1 rings (SSSR count). The van der Waals surface area contributed by atoms with Crippen molar-refractivity contribution >= 4 is 5.97 Å². The highest BCUT2D eigenvalue weighted by molar-refractivity contribution is 5.69. The molecule has 0 spiro atoms. The van der Waals surface area contributed by atoms with Crippen LogP contribution in [0.5, 0.6) is 0 Å². The van der Waals surface area contributed by atoms with Crippen molar-refractivity contribution < 1.29 is 9.53 Å². The highest BCUT2D eigenvalue weighted by Gasteiger charge is 2.22. The monoisotopic (exact) mass is 141 g/mol. The van der Waals surface area contributed by atoms with Crippen LogP contribution >= 0.6 is 0 Å². The molecule has 10 heavy (non-hydrogen) atoms. The smallest absolute Gasteiger partial charge is 0.305 e. The standard InChI is InChI=1S/C8H13O2/c1-2-10-8(9)6-5-7-3-4-7/h3,7H,2,4-6H2,1H3. The van der Waals surface area contributed by atoms with E-state index in [9.17, 15) is 4.79 Å². The molecule has 2 heteroatoms. The Morgan fingerprint density at radius 3 is 3.00 bits per heavy atom. The lowest BCUT2D eigenvalue weighted by Crippen LogP contribution is -2.03. The molecule has 0 aromatic heterocycles. The van der Waals surface area contributed by atoms with Gasteiger partial charge < -0.3 is 4.74 Å². The number of carbonyl (C=O) groups is 1. The Kier molecular flexibility index (Phi) is 2.72. The van der Waals surface area contributed by atoms with Gasteiger partial charge in [0.15, 0.2) is 0 Å². The molecule has 1 atom stereocenters. The highest BCUT2D eigenvalue weighted by Crippen LogP contribution is 2.31. The molecule has 0 amide bonds. The molecule has 1 unspecified atom stereocenters. The quantitative estimate of drug-likeness (QED) is 0.555. The maximum absolute atomic E-state index is 10.7. The van der Waals surface area contributed by atoms with E-state index in [1.54, 1.807) is 0 Å². The average Bonchev–Trinajstić information content (AvgIpc) is 2.67. The Morgan fingerprint density at radius 2 is 2.50 bits per heavy atom. The summed E-state index contributed by atoms with van der Waals surface area (Å²) in [5.41, 5.74) is 0. The van der Waals surface area contributed by atoms with Crippen molar-refractivity contribution in [2.75, 3.05) is 6.61 Å². The first-order valence-electron chi connectivity index (χ1n) is 3.82. The molecule has 0 bridgehead atoms. The zero-order valence-electron chi connectivity index (χ0n) is 6.30. The maximum Gasteiger partial charge on any atom is 0.305 e. The van der Waals surface area contributed by atoms with Gasteiger partial charge in [0.25, 0.3) is 0 Å². The average molecular weight is 141 g/mol. The molecule has 57 valence electrons. The number of rotatable bonds is 4. The number of hydrogen-bond acceptors (Lipinski definition) is 2. The van der Waals surface area contributed by atoms with E-state index in [0.717, 1.165) is 6.42 Å². The van der Waals surface area contributed by atoms with Gasteiger partial charge in [-0.15, -0.1) is 0 Å². The fourth-order valence-electron chi connectivity index (χ4n) is 0.868. The largest absolute Gasteiger partial charge is 0.466 e.